The lowest BCUT2D eigenvalue weighted by Gasteiger charge is -2.10. The van der Waals surface area contributed by atoms with Crippen LogP contribution in [-0.4, -0.2) is 30.6 Å². The summed E-state index contributed by atoms with van der Waals surface area (Å²) >= 11 is 0. The number of carbonyl (C=O) groups is 1. The van der Waals surface area contributed by atoms with E-state index in [-0.39, 0.29) is 18.5 Å². The van der Waals surface area contributed by atoms with Gasteiger partial charge in [-0.15, -0.1) is 0 Å². The van der Waals surface area contributed by atoms with Crippen LogP contribution in [0.3, 0.4) is 0 Å². The Labute approximate surface area is 71.7 Å². The van der Waals surface area contributed by atoms with Crippen molar-refractivity contribution in [3.05, 3.63) is 0 Å². The summed E-state index contributed by atoms with van der Waals surface area (Å²) in [5, 5.41) is 0. The fraction of sp³-hybridized carbons (Fsp3) is 0.667. The van der Waals surface area contributed by atoms with Crippen LogP contribution >= 0.6 is 0 Å². The number of alkyl halides is 1. The van der Waals surface area contributed by atoms with Crippen LogP contribution in [0.4, 0.5) is 4.39 Å². The van der Waals surface area contributed by atoms with Gasteiger partial charge in [-0.1, -0.05) is 5.92 Å². The molecule has 1 fully saturated rings. The summed E-state index contributed by atoms with van der Waals surface area (Å²) < 4.78 is 12.1. The summed E-state index contributed by atoms with van der Waals surface area (Å²) in [4.78, 5) is 12.7. The highest BCUT2D eigenvalue weighted by molar-refractivity contribution is 5.93. The van der Waals surface area contributed by atoms with Crippen LogP contribution in [0, 0.1) is 17.8 Å². The highest BCUT2D eigenvalue weighted by Gasteiger charge is 2.24. The van der Waals surface area contributed by atoms with Crippen LogP contribution in [0.1, 0.15) is 13.3 Å². The lowest BCUT2D eigenvalue weighted by Crippen LogP contribution is -2.27. The van der Waals surface area contributed by atoms with E-state index < -0.39 is 0 Å². The van der Waals surface area contributed by atoms with E-state index in [9.17, 15) is 9.18 Å². The van der Waals surface area contributed by atoms with Gasteiger partial charge in [0.15, 0.2) is 0 Å². The molecule has 66 valence electrons. The number of halogens is 1. The monoisotopic (exact) mass is 169 g/mol. The third-order valence-electron chi connectivity index (χ3n) is 2.02. The summed E-state index contributed by atoms with van der Waals surface area (Å²) in [7, 11) is 0. The molecule has 12 heavy (non-hydrogen) atoms. The minimum atomic E-state index is -0.330. The molecule has 0 aromatic rings. The van der Waals surface area contributed by atoms with E-state index in [0.717, 1.165) is 6.42 Å². The number of rotatable bonds is 1. The minimum absolute atomic E-state index is 0.0348. The summed E-state index contributed by atoms with van der Waals surface area (Å²) in [6, 6.07) is 0. The molecule has 3 heteroatoms. The van der Waals surface area contributed by atoms with E-state index >= 15 is 0 Å². The molecule has 0 spiro atoms. The van der Waals surface area contributed by atoms with Gasteiger partial charge in [-0.05, 0) is 19.3 Å². The van der Waals surface area contributed by atoms with Gasteiger partial charge in [0, 0.05) is 19.0 Å². The molecule has 1 aliphatic rings. The molecule has 0 aromatic carbocycles. The van der Waals surface area contributed by atoms with Crippen molar-refractivity contribution in [2.75, 3.05) is 19.8 Å². The standard InChI is InChI=1S/C9H12FNO/c1-2-3-9(12)11-5-4-8(6-10)7-11/h8H,4-7H2,1H3/t8-/m1/s1. The number of likely N-dealkylation sites (tertiary alicyclic amines) is 1. The van der Waals surface area contributed by atoms with Crippen molar-refractivity contribution in [3.8, 4) is 11.8 Å². The molecular formula is C9H12FNO. The molecule has 1 aliphatic heterocycles. The van der Waals surface area contributed by atoms with Crippen LogP contribution in [0.2, 0.25) is 0 Å². The van der Waals surface area contributed by atoms with Crippen molar-refractivity contribution in [2.24, 2.45) is 5.92 Å². The maximum Gasteiger partial charge on any atom is 0.298 e. The van der Waals surface area contributed by atoms with E-state index in [1.54, 1.807) is 11.8 Å². The van der Waals surface area contributed by atoms with Gasteiger partial charge < -0.3 is 4.90 Å². The normalized spacial score (nSPS) is 21.8. The van der Waals surface area contributed by atoms with Gasteiger partial charge in [0.1, 0.15) is 0 Å². The lowest BCUT2D eigenvalue weighted by atomic mass is 10.1. The summed E-state index contributed by atoms with van der Waals surface area (Å²) in [5.41, 5.74) is 0. The van der Waals surface area contributed by atoms with Crippen LogP contribution in [0.5, 0.6) is 0 Å². The fourth-order valence-electron chi connectivity index (χ4n) is 1.33. The first-order chi connectivity index (χ1) is 5.77. The average molecular weight is 169 g/mol. The van der Waals surface area contributed by atoms with Gasteiger partial charge >= 0.3 is 0 Å². The largest absolute Gasteiger partial charge is 0.332 e. The van der Waals surface area contributed by atoms with Gasteiger partial charge in [0.2, 0.25) is 0 Å². The van der Waals surface area contributed by atoms with E-state index in [4.69, 9.17) is 0 Å². The zero-order chi connectivity index (χ0) is 8.97. The molecule has 0 aromatic heterocycles. The second-order valence-corrected chi connectivity index (χ2v) is 2.94. The number of hydrogen-bond acceptors (Lipinski definition) is 1. The summed E-state index contributed by atoms with van der Waals surface area (Å²) in [6.07, 6.45) is 0.771. The Bertz CT molecular complexity index is 228. The van der Waals surface area contributed by atoms with Crippen LogP contribution in [0.15, 0.2) is 0 Å². The molecule has 0 N–H and O–H groups in total. The van der Waals surface area contributed by atoms with E-state index in [1.807, 2.05) is 0 Å². The van der Waals surface area contributed by atoms with E-state index in [2.05, 4.69) is 11.8 Å². The second kappa shape index (κ2) is 4.10. The molecule has 0 saturated carbocycles. The summed E-state index contributed by atoms with van der Waals surface area (Å²) in [6.45, 7) is 2.48. The highest BCUT2D eigenvalue weighted by Crippen LogP contribution is 2.15. The first-order valence-electron chi connectivity index (χ1n) is 4.05. The first-order valence-corrected chi connectivity index (χ1v) is 4.05. The third kappa shape index (κ3) is 1.97. The highest BCUT2D eigenvalue weighted by atomic mass is 19.1. The number of carbonyl (C=O) groups excluding carboxylic acids is 1. The molecular weight excluding hydrogens is 157 g/mol. The third-order valence-corrected chi connectivity index (χ3v) is 2.02. The van der Waals surface area contributed by atoms with Crippen LogP contribution in [0.25, 0.3) is 0 Å². The molecule has 1 heterocycles. The van der Waals surface area contributed by atoms with Gasteiger partial charge in [0.25, 0.3) is 5.91 Å². The van der Waals surface area contributed by atoms with Crippen molar-refractivity contribution in [3.63, 3.8) is 0 Å². The van der Waals surface area contributed by atoms with Crippen LogP contribution < -0.4 is 0 Å². The van der Waals surface area contributed by atoms with E-state index in [1.165, 1.54) is 0 Å². The van der Waals surface area contributed by atoms with Crippen molar-refractivity contribution >= 4 is 5.91 Å². The molecule has 1 amide bonds. The summed E-state index contributed by atoms with van der Waals surface area (Å²) in [5.74, 6) is 4.85. The van der Waals surface area contributed by atoms with Gasteiger partial charge in [-0.2, -0.15) is 0 Å². The number of nitrogens with zero attached hydrogens (tertiary/aromatic N) is 1. The molecule has 1 saturated heterocycles. The molecule has 1 rings (SSSR count). The fourth-order valence-corrected chi connectivity index (χ4v) is 1.33. The predicted octanol–water partition coefficient (Wildman–Crippen LogP) is 0.828. The molecule has 0 radical (unpaired) electrons. The molecule has 0 aliphatic carbocycles. The van der Waals surface area contributed by atoms with Gasteiger partial charge in [-0.3, -0.25) is 9.18 Å². The average Bonchev–Trinajstić information content (AvgIpc) is 2.52. The van der Waals surface area contributed by atoms with Crippen molar-refractivity contribution in [2.45, 2.75) is 13.3 Å². The predicted molar refractivity (Wildman–Crippen MR) is 44.1 cm³/mol. The Balaban J connectivity index is 2.44. The SMILES string of the molecule is CC#CC(=O)N1CC[C@H](CF)C1. The molecule has 2 nitrogen and oxygen atoms in total. The first kappa shape index (κ1) is 9.05. The maximum atomic E-state index is 12.1. The minimum Gasteiger partial charge on any atom is -0.332 e. The Morgan fingerprint density at radius 1 is 1.75 bits per heavy atom. The van der Waals surface area contributed by atoms with Crippen LogP contribution in [-0.2, 0) is 4.79 Å². The van der Waals surface area contributed by atoms with Crippen molar-refractivity contribution in [1.29, 1.82) is 0 Å². The Kier molecular flexibility index (Phi) is 3.09. The van der Waals surface area contributed by atoms with E-state index in [0.29, 0.717) is 13.1 Å². The molecule has 0 bridgehead atoms. The Hall–Kier alpha value is -1.04. The zero-order valence-electron chi connectivity index (χ0n) is 7.14. The Morgan fingerprint density at radius 2 is 2.50 bits per heavy atom. The quantitative estimate of drug-likeness (QED) is 0.532. The number of amides is 1. The lowest BCUT2D eigenvalue weighted by molar-refractivity contribution is -0.124. The maximum absolute atomic E-state index is 12.1. The zero-order valence-corrected chi connectivity index (χ0v) is 7.14. The van der Waals surface area contributed by atoms with Crippen molar-refractivity contribution in [1.82, 2.24) is 4.90 Å². The smallest absolute Gasteiger partial charge is 0.298 e. The van der Waals surface area contributed by atoms with Gasteiger partial charge in [-0.25, -0.2) is 0 Å². The molecule has 1 atom stereocenters. The van der Waals surface area contributed by atoms with Crippen molar-refractivity contribution < 1.29 is 9.18 Å². The number of hydrogen-bond donors (Lipinski definition) is 0. The Morgan fingerprint density at radius 3 is 3.00 bits per heavy atom. The topological polar surface area (TPSA) is 20.3 Å². The molecule has 0 unspecified atom stereocenters. The second-order valence-electron chi connectivity index (χ2n) is 2.94. The van der Waals surface area contributed by atoms with Gasteiger partial charge in [0.05, 0.1) is 6.67 Å².